The lowest BCUT2D eigenvalue weighted by Gasteiger charge is -2.39. The third-order valence-corrected chi connectivity index (χ3v) is 5.04. The Labute approximate surface area is 142 Å². The molecule has 0 spiro atoms. The molecule has 1 aliphatic rings. The maximum atomic E-state index is 13.7. The lowest BCUT2D eigenvalue weighted by Crippen LogP contribution is -2.51. The standard InChI is InChI=1S/C17H26FN3OS/c1-4-19-16(21-9-10-23-17(2,3)12-21)20-11-15(22)13-7-5-6-8-14(13)18/h5-8,15,22H,4,9-12H2,1-3H3,(H,19,20). The van der Waals surface area contributed by atoms with E-state index in [9.17, 15) is 9.50 Å². The molecule has 2 rings (SSSR count). The number of hydrogen-bond donors (Lipinski definition) is 2. The van der Waals surface area contributed by atoms with Gasteiger partial charge in [0.15, 0.2) is 5.96 Å². The Bertz CT molecular complexity index is 550. The van der Waals surface area contributed by atoms with Crippen LogP contribution in [0.3, 0.4) is 0 Å². The number of halogens is 1. The summed E-state index contributed by atoms with van der Waals surface area (Å²) in [5.74, 6) is 1.44. The summed E-state index contributed by atoms with van der Waals surface area (Å²) in [4.78, 5) is 6.74. The van der Waals surface area contributed by atoms with Gasteiger partial charge in [-0.1, -0.05) is 18.2 Å². The molecule has 1 aromatic carbocycles. The van der Waals surface area contributed by atoms with Gasteiger partial charge in [0, 0.05) is 35.7 Å². The topological polar surface area (TPSA) is 47.9 Å². The first-order valence-electron chi connectivity index (χ1n) is 8.02. The molecule has 23 heavy (non-hydrogen) atoms. The summed E-state index contributed by atoms with van der Waals surface area (Å²) in [5, 5.41) is 13.5. The van der Waals surface area contributed by atoms with E-state index in [-0.39, 0.29) is 11.3 Å². The fraction of sp³-hybridized carbons (Fsp3) is 0.588. The Morgan fingerprint density at radius 1 is 1.48 bits per heavy atom. The van der Waals surface area contributed by atoms with E-state index in [1.807, 2.05) is 18.7 Å². The predicted octanol–water partition coefficient (Wildman–Crippen LogP) is 2.65. The third kappa shape index (κ3) is 5.11. The molecule has 1 heterocycles. The smallest absolute Gasteiger partial charge is 0.194 e. The Morgan fingerprint density at radius 3 is 2.87 bits per heavy atom. The number of hydrogen-bond acceptors (Lipinski definition) is 3. The van der Waals surface area contributed by atoms with E-state index in [2.05, 4.69) is 29.1 Å². The number of guanidine groups is 1. The van der Waals surface area contributed by atoms with Crippen LogP contribution in [0.5, 0.6) is 0 Å². The van der Waals surface area contributed by atoms with Crippen molar-refractivity contribution in [2.45, 2.75) is 31.6 Å². The molecule has 0 saturated carbocycles. The molecule has 0 radical (unpaired) electrons. The number of thioether (sulfide) groups is 1. The van der Waals surface area contributed by atoms with Gasteiger partial charge < -0.3 is 15.3 Å². The molecule has 128 valence electrons. The maximum Gasteiger partial charge on any atom is 0.194 e. The number of nitrogens with one attached hydrogen (secondary N) is 1. The van der Waals surface area contributed by atoms with Crippen molar-refractivity contribution in [3.63, 3.8) is 0 Å². The second kappa shape index (κ2) is 8.02. The largest absolute Gasteiger partial charge is 0.386 e. The lowest BCUT2D eigenvalue weighted by atomic mass is 10.1. The van der Waals surface area contributed by atoms with Gasteiger partial charge in [0.1, 0.15) is 11.9 Å². The molecule has 1 saturated heterocycles. The minimum Gasteiger partial charge on any atom is -0.386 e. The van der Waals surface area contributed by atoms with Gasteiger partial charge in [0.05, 0.1) is 6.54 Å². The van der Waals surface area contributed by atoms with E-state index in [1.54, 1.807) is 18.2 Å². The second-order valence-corrected chi connectivity index (χ2v) is 8.06. The normalized spacial score (nSPS) is 19.5. The monoisotopic (exact) mass is 339 g/mol. The first kappa shape index (κ1) is 18.1. The van der Waals surface area contributed by atoms with Crippen LogP contribution in [0.15, 0.2) is 29.3 Å². The molecule has 1 aliphatic heterocycles. The van der Waals surface area contributed by atoms with E-state index in [1.165, 1.54) is 6.07 Å². The van der Waals surface area contributed by atoms with E-state index in [0.717, 1.165) is 31.3 Å². The van der Waals surface area contributed by atoms with E-state index < -0.39 is 11.9 Å². The summed E-state index contributed by atoms with van der Waals surface area (Å²) in [5.41, 5.74) is 0.293. The molecule has 0 aromatic heterocycles. The molecular weight excluding hydrogens is 313 g/mol. The van der Waals surface area contributed by atoms with Crippen molar-refractivity contribution < 1.29 is 9.50 Å². The van der Waals surface area contributed by atoms with Crippen LogP contribution in [0.25, 0.3) is 0 Å². The van der Waals surface area contributed by atoms with Gasteiger partial charge in [-0.3, -0.25) is 4.99 Å². The lowest BCUT2D eigenvalue weighted by molar-refractivity contribution is 0.181. The van der Waals surface area contributed by atoms with Gasteiger partial charge in [-0.15, -0.1) is 0 Å². The van der Waals surface area contributed by atoms with Gasteiger partial charge in [-0.05, 0) is 26.8 Å². The van der Waals surface area contributed by atoms with Crippen LogP contribution >= 0.6 is 11.8 Å². The van der Waals surface area contributed by atoms with Gasteiger partial charge in [0.2, 0.25) is 0 Å². The van der Waals surface area contributed by atoms with Crippen LogP contribution in [0, 0.1) is 5.82 Å². The number of nitrogens with zero attached hydrogens (tertiary/aromatic N) is 2. The van der Waals surface area contributed by atoms with Crippen molar-refractivity contribution in [1.29, 1.82) is 0 Å². The highest BCUT2D eigenvalue weighted by atomic mass is 32.2. The summed E-state index contributed by atoms with van der Waals surface area (Å²) >= 11 is 1.96. The Kier molecular flexibility index (Phi) is 6.30. The summed E-state index contributed by atoms with van der Waals surface area (Å²) in [6.07, 6.45) is -0.933. The summed E-state index contributed by atoms with van der Waals surface area (Å²) in [6.45, 7) is 9.21. The van der Waals surface area contributed by atoms with E-state index >= 15 is 0 Å². The predicted molar refractivity (Wildman–Crippen MR) is 95.4 cm³/mol. The highest BCUT2D eigenvalue weighted by Gasteiger charge is 2.28. The molecule has 1 unspecified atom stereocenters. The fourth-order valence-corrected chi connectivity index (χ4v) is 3.75. The number of aliphatic hydroxyl groups excluding tert-OH is 1. The van der Waals surface area contributed by atoms with Crippen LogP contribution in [0.4, 0.5) is 4.39 Å². The molecule has 0 bridgehead atoms. The first-order chi connectivity index (χ1) is 10.9. The van der Waals surface area contributed by atoms with Crippen LogP contribution < -0.4 is 5.32 Å². The molecule has 4 nitrogen and oxygen atoms in total. The minimum absolute atomic E-state index is 0.146. The summed E-state index contributed by atoms with van der Waals surface area (Å²) < 4.78 is 13.9. The molecule has 1 fully saturated rings. The van der Waals surface area contributed by atoms with Gasteiger partial charge in [-0.25, -0.2) is 4.39 Å². The zero-order valence-corrected chi connectivity index (χ0v) is 14.9. The Hall–Kier alpha value is -1.27. The van der Waals surface area contributed by atoms with Crippen LogP contribution in [-0.4, -0.2) is 52.6 Å². The SMILES string of the molecule is CCNC(=NCC(O)c1ccccc1F)N1CCSC(C)(C)C1. The molecule has 0 amide bonds. The minimum atomic E-state index is -0.933. The molecule has 6 heteroatoms. The number of rotatable bonds is 4. The Balaban J connectivity index is 2.08. The molecular formula is C17H26FN3OS. The first-order valence-corrected chi connectivity index (χ1v) is 9.01. The number of aliphatic hydroxyl groups is 1. The van der Waals surface area contributed by atoms with E-state index in [4.69, 9.17) is 0 Å². The number of aliphatic imine (C=N–C) groups is 1. The highest BCUT2D eigenvalue weighted by Crippen LogP contribution is 2.29. The van der Waals surface area contributed by atoms with Crippen LogP contribution in [0.1, 0.15) is 32.4 Å². The van der Waals surface area contributed by atoms with Crippen LogP contribution in [0.2, 0.25) is 0 Å². The number of benzene rings is 1. The van der Waals surface area contributed by atoms with Crippen molar-refractivity contribution in [1.82, 2.24) is 10.2 Å². The molecule has 0 aliphatic carbocycles. The van der Waals surface area contributed by atoms with Gasteiger partial charge >= 0.3 is 0 Å². The van der Waals surface area contributed by atoms with Crippen molar-refractivity contribution >= 4 is 17.7 Å². The fourth-order valence-electron chi connectivity index (χ4n) is 2.64. The summed E-state index contributed by atoms with van der Waals surface area (Å²) in [7, 11) is 0. The van der Waals surface area contributed by atoms with Gasteiger partial charge in [-0.2, -0.15) is 11.8 Å². The zero-order chi connectivity index (χ0) is 16.9. The average Bonchev–Trinajstić information content (AvgIpc) is 2.50. The quantitative estimate of drug-likeness (QED) is 0.654. The molecule has 1 aromatic rings. The zero-order valence-electron chi connectivity index (χ0n) is 14.1. The van der Waals surface area contributed by atoms with E-state index in [0.29, 0.717) is 5.56 Å². The molecule has 2 N–H and O–H groups in total. The summed E-state index contributed by atoms with van der Waals surface area (Å²) in [6, 6.07) is 6.30. The van der Waals surface area contributed by atoms with Gasteiger partial charge in [0.25, 0.3) is 0 Å². The maximum absolute atomic E-state index is 13.7. The average molecular weight is 339 g/mol. The Morgan fingerprint density at radius 2 is 2.22 bits per heavy atom. The third-order valence-electron chi connectivity index (χ3n) is 3.74. The van der Waals surface area contributed by atoms with Crippen molar-refractivity contribution in [2.24, 2.45) is 4.99 Å². The van der Waals surface area contributed by atoms with Crippen molar-refractivity contribution in [2.75, 3.05) is 31.9 Å². The van der Waals surface area contributed by atoms with Crippen molar-refractivity contribution in [3.05, 3.63) is 35.6 Å². The highest BCUT2D eigenvalue weighted by molar-refractivity contribution is 8.00. The van der Waals surface area contributed by atoms with Crippen LogP contribution in [-0.2, 0) is 0 Å². The molecule has 1 atom stereocenters. The van der Waals surface area contributed by atoms with Crippen molar-refractivity contribution in [3.8, 4) is 0 Å². The second-order valence-electron chi connectivity index (χ2n) is 6.26.